The van der Waals surface area contributed by atoms with Crippen molar-refractivity contribution in [3.63, 3.8) is 0 Å². The van der Waals surface area contributed by atoms with Gasteiger partial charge in [-0.15, -0.1) is 0 Å². The molecule has 0 aliphatic carbocycles. The molecule has 1 aromatic heterocycles. The molecule has 2 aromatic rings. The summed E-state index contributed by atoms with van der Waals surface area (Å²) in [6.45, 7) is 3.57. The van der Waals surface area contributed by atoms with Crippen LogP contribution in [0, 0.1) is 11.6 Å². The van der Waals surface area contributed by atoms with E-state index in [1.165, 1.54) is 6.07 Å². The number of hydrogen-bond acceptors (Lipinski definition) is 2. The summed E-state index contributed by atoms with van der Waals surface area (Å²) in [5.74, 6) is -1.31. The van der Waals surface area contributed by atoms with E-state index >= 15 is 0 Å². The second-order valence-corrected chi connectivity index (χ2v) is 4.65. The second kappa shape index (κ2) is 6.01. The van der Waals surface area contributed by atoms with Gasteiger partial charge in [0.15, 0.2) is 11.6 Å². The van der Waals surface area contributed by atoms with E-state index in [-0.39, 0.29) is 11.6 Å². The van der Waals surface area contributed by atoms with Gasteiger partial charge in [-0.2, -0.15) is 0 Å². The molecule has 2 nitrogen and oxygen atoms in total. The summed E-state index contributed by atoms with van der Waals surface area (Å²) in [6, 6.07) is 6.41. The molecule has 0 saturated heterocycles. The number of pyridine rings is 1. The molecule has 0 spiro atoms. The van der Waals surface area contributed by atoms with Gasteiger partial charge in [0, 0.05) is 22.4 Å². The van der Waals surface area contributed by atoms with Gasteiger partial charge in [0.25, 0.3) is 0 Å². The fraction of sp³-hybridized carbons (Fsp3) is 0.133. The predicted octanol–water partition coefficient (Wildman–Crippen LogP) is 3.32. The number of nitrogens with zero attached hydrogens (tertiary/aromatic N) is 1. The third kappa shape index (κ3) is 3.14. The zero-order chi connectivity index (χ0) is 14.7. The van der Waals surface area contributed by atoms with Gasteiger partial charge in [-0.05, 0) is 32.0 Å². The largest absolute Gasteiger partial charge is 0.436 e. The highest BCUT2D eigenvalue weighted by atomic mass is 35.5. The Balaban J connectivity index is 2.43. The van der Waals surface area contributed by atoms with Crippen LogP contribution in [0.15, 0.2) is 30.3 Å². The molecule has 0 aliphatic rings. The summed E-state index contributed by atoms with van der Waals surface area (Å²) in [5.41, 5.74) is 0. The normalized spacial score (nSPS) is 13.3. The highest BCUT2D eigenvalue weighted by Crippen LogP contribution is 2.22. The second-order valence-electron chi connectivity index (χ2n) is 4.08. The first-order valence-electron chi connectivity index (χ1n) is 5.94. The molecule has 2 rings (SSSR count). The van der Waals surface area contributed by atoms with Crippen LogP contribution in [0.5, 0.6) is 11.6 Å². The highest BCUT2D eigenvalue weighted by Gasteiger charge is 2.07. The van der Waals surface area contributed by atoms with Crippen molar-refractivity contribution in [3.05, 3.63) is 52.5 Å². The van der Waals surface area contributed by atoms with Crippen LogP contribution < -0.4 is 15.3 Å². The van der Waals surface area contributed by atoms with Gasteiger partial charge in [0.1, 0.15) is 5.82 Å². The minimum atomic E-state index is -0.780. The molecular formula is C15H12ClF2NO. The van der Waals surface area contributed by atoms with Crippen LogP contribution in [-0.2, 0) is 0 Å². The van der Waals surface area contributed by atoms with Crippen LogP contribution in [0.3, 0.4) is 0 Å². The number of aromatic nitrogens is 1. The Kier molecular flexibility index (Phi) is 4.35. The first kappa shape index (κ1) is 14.5. The molecule has 20 heavy (non-hydrogen) atoms. The topological polar surface area (TPSA) is 22.1 Å². The van der Waals surface area contributed by atoms with Gasteiger partial charge in [0.05, 0.1) is 5.35 Å². The van der Waals surface area contributed by atoms with Crippen molar-refractivity contribution < 1.29 is 13.5 Å². The Morgan fingerprint density at radius 3 is 2.60 bits per heavy atom. The Labute approximate surface area is 120 Å². The Morgan fingerprint density at radius 2 is 2.00 bits per heavy atom. The van der Waals surface area contributed by atoms with Crippen LogP contribution in [0.25, 0.3) is 11.1 Å². The molecule has 0 radical (unpaired) electrons. The van der Waals surface area contributed by atoms with Crippen molar-refractivity contribution in [3.8, 4) is 11.6 Å². The summed E-state index contributed by atoms with van der Waals surface area (Å²) in [6.07, 6.45) is 1.77. The molecule has 0 saturated carbocycles. The van der Waals surface area contributed by atoms with E-state index in [0.717, 1.165) is 17.4 Å². The van der Waals surface area contributed by atoms with Crippen LogP contribution in [0.1, 0.15) is 13.8 Å². The van der Waals surface area contributed by atoms with Crippen LogP contribution in [0.2, 0.25) is 0 Å². The third-order valence-corrected chi connectivity index (χ3v) is 2.86. The van der Waals surface area contributed by atoms with E-state index in [4.69, 9.17) is 16.3 Å². The summed E-state index contributed by atoms with van der Waals surface area (Å²) >= 11 is 5.96. The van der Waals surface area contributed by atoms with E-state index in [1.54, 1.807) is 25.1 Å². The lowest BCUT2D eigenvalue weighted by atomic mass is 10.3. The number of rotatable bonds is 2. The quantitative estimate of drug-likeness (QED) is 0.848. The van der Waals surface area contributed by atoms with Gasteiger partial charge in [-0.1, -0.05) is 17.7 Å². The standard InChI is InChI=1S/C15H12ClF2NO/c1-3-13-11(9(2)16)5-7-15(19-13)20-14-6-4-10(17)8-12(14)18/h3-8H,1-2H3/b11-9+,13-3+. The summed E-state index contributed by atoms with van der Waals surface area (Å²) in [4.78, 5) is 4.23. The van der Waals surface area contributed by atoms with Gasteiger partial charge < -0.3 is 4.74 Å². The van der Waals surface area contributed by atoms with Crippen molar-refractivity contribution in [1.29, 1.82) is 0 Å². The SMILES string of the molecule is C/C=c1/nc(Oc2ccc(F)cc2F)cc/c1=C(/C)Cl. The van der Waals surface area contributed by atoms with Crippen LogP contribution in [0.4, 0.5) is 8.78 Å². The lowest BCUT2D eigenvalue weighted by molar-refractivity contribution is 0.422. The van der Waals surface area contributed by atoms with Gasteiger partial charge in [-0.25, -0.2) is 13.8 Å². The molecule has 0 atom stereocenters. The number of hydrogen-bond donors (Lipinski definition) is 0. The molecular weight excluding hydrogens is 284 g/mol. The first-order valence-corrected chi connectivity index (χ1v) is 6.32. The van der Waals surface area contributed by atoms with E-state index in [9.17, 15) is 8.78 Å². The van der Waals surface area contributed by atoms with Crippen LogP contribution in [-0.4, -0.2) is 4.98 Å². The maximum Gasteiger partial charge on any atom is 0.219 e. The zero-order valence-electron chi connectivity index (χ0n) is 11.0. The fourth-order valence-corrected chi connectivity index (χ4v) is 1.85. The van der Waals surface area contributed by atoms with Gasteiger partial charge >= 0.3 is 0 Å². The average Bonchev–Trinajstić information content (AvgIpc) is 2.41. The monoisotopic (exact) mass is 295 g/mol. The minimum Gasteiger partial charge on any atom is -0.436 e. The van der Waals surface area contributed by atoms with E-state index in [1.807, 2.05) is 6.92 Å². The van der Waals surface area contributed by atoms with Crippen molar-refractivity contribution in [2.24, 2.45) is 0 Å². The molecule has 0 amide bonds. The third-order valence-electron chi connectivity index (χ3n) is 2.65. The number of halogens is 3. The summed E-state index contributed by atoms with van der Waals surface area (Å²) < 4.78 is 31.6. The molecule has 0 fully saturated rings. The van der Waals surface area contributed by atoms with E-state index in [0.29, 0.717) is 10.4 Å². The predicted molar refractivity (Wildman–Crippen MR) is 75.0 cm³/mol. The van der Waals surface area contributed by atoms with Crippen molar-refractivity contribution in [1.82, 2.24) is 4.98 Å². The van der Waals surface area contributed by atoms with E-state index < -0.39 is 11.6 Å². The van der Waals surface area contributed by atoms with Crippen LogP contribution >= 0.6 is 11.6 Å². The van der Waals surface area contributed by atoms with E-state index in [2.05, 4.69) is 4.98 Å². The Morgan fingerprint density at radius 1 is 1.25 bits per heavy atom. The van der Waals surface area contributed by atoms with Gasteiger partial charge in [-0.3, -0.25) is 0 Å². The molecule has 0 unspecified atom stereocenters. The molecule has 0 aliphatic heterocycles. The zero-order valence-corrected chi connectivity index (χ0v) is 11.7. The number of ether oxygens (including phenoxy) is 1. The summed E-state index contributed by atoms with van der Waals surface area (Å²) in [5, 5.41) is 2.02. The average molecular weight is 296 g/mol. The summed E-state index contributed by atoms with van der Waals surface area (Å²) in [7, 11) is 0. The minimum absolute atomic E-state index is 0.0831. The van der Waals surface area contributed by atoms with Crippen molar-refractivity contribution in [2.45, 2.75) is 13.8 Å². The lowest BCUT2D eigenvalue weighted by Gasteiger charge is -2.06. The maximum absolute atomic E-state index is 13.5. The molecule has 5 heteroatoms. The molecule has 0 N–H and O–H groups in total. The first-order chi connectivity index (χ1) is 9.51. The molecule has 104 valence electrons. The smallest absolute Gasteiger partial charge is 0.219 e. The Bertz CT molecular complexity index is 755. The molecule has 1 heterocycles. The van der Waals surface area contributed by atoms with Crippen molar-refractivity contribution >= 4 is 22.7 Å². The fourth-order valence-electron chi connectivity index (χ4n) is 1.70. The highest BCUT2D eigenvalue weighted by molar-refractivity contribution is 6.44. The lowest BCUT2D eigenvalue weighted by Crippen LogP contribution is -2.28. The van der Waals surface area contributed by atoms with Gasteiger partial charge in [0.2, 0.25) is 5.88 Å². The number of benzene rings is 1. The molecule has 0 bridgehead atoms. The Hall–Kier alpha value is -1.94. The van der Waals surface area contributed by atoms with Crippen molar-refractivity contribution in [2.75, 3.05) is 0 Å². The maximum atomic E-state index is 13.5. The molecule has 1 aromatic carbocycles.